The molecule has 0 unspecified atom stereocenters. The van der Waals surface area contributed by atoms with Crippen molar-refractivity contribution < 1.29 is 4.52 Å². The Hall–Kier alpha value is -0.100. The Labute approximate surface area is 60.4 Å². The Morgan fingerprint density at radius 2 is 2.62 bits per heavy atom. The van der Waals surface area contributed by atoms with E-state index in [-0.39, 0.29) is 0 Å². The van der Waals surface area contributed by atoms with E-state index >= 15 is 0 Å². The van der Waals surface area contributed by atoms with Crippen LogP contribution in [0.2, 0.25) is 0 Å². The Balaban J connectivity index is 2.84. The molecule has 0 fully saturated rings. The number of hydrogen-bond donors (Lipinski definition) is 1. The van der Waals surface area contributed by atoms with Gasteiger partial charge in [-0.2, -0.15) is 0 Å². The van der Waals surface area contributed by atoms with E-state index in [1.165, 1.54) is 0 Å². The fraction of sp³-hybridized carbons (Fsp3) is 0.250. The van der Waals surface area contributed by atoms with E-state index < -0.39 is 0 Å². The van der Waals surface area contributed by atoms with Crippen LogP contribution >= 0.6 is 22.6 Å². The number of rotatable bonds is 1. The molecule has 4 heteroatoms. The first-order valence-electron chi connectivity index (χ1n) is 2.14. The summed E-state index contributed by atoms with van der Waals surface area (Å²) in [5.74, 6) is 0. The van der Waals surface area contributed by atoms with Crippen LogP contribution in [0.1, 0.15) is 5.69 Å². The zero-order valence-electron chi connectivity index (χ0n) is 4.10. The lowest BCUT2D eigenvalue weighted by Crippen LogP contribution is -1.94. The first kappa shape index (κ1) is 6.03. The van der Waals surface area contributed by atoms with E-state index in [4.69, 9.17) is 10.3 Å². The highest BCUT2D eigenvalue weighted by atomic mass is 127. The van der Waals surface area contributed by atoms with Gasteiger partial charge in [-0.25, -0.2) is 0 Å². The van der Waals surface area contributed by atoms with Gasteiger partial charge in [0.1, 0.15) is 0 Å². The average molecular weight is 224 g/mol. The molecule has 1 rings (SSSR count). The minimum absolute atomic E-state index is 0.451. The second kappa shape index (κ2) is 2.45. The van der Waals surface area contributed by atoms with E-state index in [9.17, 15) is 0 Å². The highest BCUT2D eigenvalue weighted by molar-refractivity contribution is 14.1. The van der Waals surface area contributed by atoms with Gasteiger partial charge in [-0.3, -0.25) is 0 Å². The van der Waals surface area contributed by atoms with Crippen molar-refractivity contribution in [2.24, 2.45) is 5.73 Å². The molecule has 0 amide bonds. The van der Waals surface area contributed by atoms with Gasteiger partial charge in [-0.15, -0.1) is 0 Å². The zero-order chi connectivity index (χ0) is 5.98. The Morgan fingerprint density at radius 3 is 2.88 bits per heavy atom. The molecule has 3 nitrogen and oxygen atoms in total. The molecule has 0 aliphatic rings. The number of hydrogen-bond acceptors (Lipinski definition) is 3. The fourth-order valence-electron chi connectivity index (χ4n) is 0.382. The van der Waals surface area contributed by atoms with Crippen LogP contribution in [0.15, 0.2) is 10.6 Å². The third-order valence-electron chi connectivity index (χ3n) is 0.739. The van der Waals surface area contributed by atoms with Gasteiger partial charge in [-0.1, -0.05) is 5.16 Å². The summed E-state index contributed by atoms with van der Waals surface area (Å²) in [7, 11) is 0. The maximum absolute atomic E-state index is 5.24. The van der Waals surface area contributed by atoms with Crippen LogP contribution in [0.4, 0.5) is 0 Å². The highest BCUT2D eigenvalue weighted by Gasteiger charge is 1.95. The summed E-state index contributed by atoms with van der Waals surface area (Å²) in [5, 5.41) is 3.63. The lowest BCUT2D eigenvalue weighted by molar-refractivity contribution is 0.391. The molecule has 44 valence electrons. The maximum atomic E-state index is 5.24. The van der Waals surface area contributed by atoms with E-state index in [2.05, 4.69) is 5.16 Å². The molecule has 0 saturated carbocycles. The largest absolute Gasteiger partial charge is 0.350 e. The van der Waals surface area contributed by atoms with Gasteiger partial charge in [0.25, 0.3) is 0 Å². The Morgan fingerprint density at radius 1 is 1.88 bits per heavy atom. The van der Waals surface area contributed by atoms with Crippen molar-refractivity contribution in [3.8, 4) is 0 Å². The lowest BCUT2D eigenvalue weighted by atomic mass is 10.5. The molecule has 0 aromatic carbocycles. The predicted octanol–water partition coefficient (Wildman–Crippen LogP) is 0.738. The van der Waals surface area contributed by atoms with Crippen molar-refractivity contribution >= 4 is 22.6 Å². The molecule has 0 spiro atoms. The van der Waals surface area contributed by atoms with Crippen molar-refractivity contribution in [2.45, 2.75) is 6.54 Å². The zero-order valence-corrected chi connectivity index (χ0v) is 6.25. The third kappa shape index (κ3) is 1.19. The van der Waals surface area contributed by atoms with Crippen LogP contribution in [0, 0.1) is 3.77 Å². The van der Waals surface area contributed by atoms with Crippen molar-refractivity contribution in [3.63, 3.8) is 0 Å². The monoisotopic (exact) mass is 224 g/mol. The second-order valence-corrected chi connectivity index (χ2v) is 2.39. The minimum atomic E-state index is 0.451. The number of halogens is 1. The van der Waals surface area contributed by atoms with Gasteiger partial charge >= 0.3 is 0 Å². The highest BCUT2D eigenvalue weighted by Crippen LogP contribution is 2.04. The van der Waals surface area contributed by atoms with E-state index in [0.717, 1.165) is 9.46 Å². The SMILES string of the molecule is NCc1cc(I)on1. The van der Waals surface area contributed by atoms with Crippen molar-refractivity contribution in [1.29, 1.82) is 0 Å². The third-order valence-corrected chi connectivity index (χ3v) is 1.25. The molecule has 1 aromatic heterocycles. The minimum Gasteiger partial charge on any atom is -0.350 e. The summed E-state index contributed by atoms with van der Waals surface area (Å²) < 4.78 is 5.49. The quantitative estimate of drug-likeness (QED) is 0.715. The van der Waals surface area contributed by atoms with Crippen LogP contribution < -0.4 is 5.73 Å². The van der Waals surface area contributed by atoms with Crippen LogP contribution in [0.3, 0.4) is 0 Å². The van der Waals surface area contributed by atoms with Crippen LogP contribution in [0.5, 0.6) is 0 Å². The number of aromatic nitrogens is 1. The summed E-state index contributed by atoms with van der Waals surface area (Å²) in [6.45, 7) is 0.451. The summed E-state index contributed by atoms with van der Waals surface area (Å²) in [6, 6.07) is 1.81. The van der Waals surface area contributed by atoms with Gasteiger partial charge in [0, 0.05) is 35.2 Å². The molecule has 1 aromatic rings. The van der Waals surface area contributed by atoms with E-state index in [0.29, 0.717) is 6.54 Å². The van der Waals surface area contributed by atoms with Gasteiger partial charge in [-0.05, 0) is 0 Å². The molecule has 0 radical (unpaired) electrons. The molecule has 0 aliphatic heterocycles. The number of nitrogens with zero attached hydrogens (tertiary/aromatic N) is 1. The average Bonchev–Trinajstić information content (AvgIpc) is 2.14. The van der Waals surface area contributed by atoms with Gasteiger partial charge in [0.05, 0.1) is 5.69 Å². The Kier molecular flexibility index (Phi) is 1.85. The summed E-state index contributed by atoms with van der Waals surface area (Å²) >= 11 is 2.04. The van der Waals surface area contributed by atoms with Crippen LogP contribution in [0.25, 0.3) is 0 Å². The van der Waals surface area contributed by atoms with Crippen LogP contribution in [-0.4, -0.2) is 5.16 Å². The van der Waals surface area contributed by atoms with Crippen molar-refractivity contribution in [1.82, 2.24) is 5.16 Å². The normalized spacial score (nSPS) is 9.75. The molecular weight excluding hydrogens is 219 g/mol. The van der Waals surface area contributed by atoms with E-state index in [1.807, 2.05) is 22.6 Å². The van der Waals surface area contributed by atoms with Crippen molar-refractivity contribution in [3.05, 3.63) is 15.5 Å². The molecule has 0 atom stereocenters. The molecule has 0 saturated heterocycles. The van der Waals surface area contributed by atoms with Crippen LogP contribution in [-0.2, 0) is 6.54 Å². The summed E-state index contributed by atoms with van der Waals surface area (Å²) in [5.41, 5.74) is 6.04. The molecule has 2 N–H and O–H groups in total. The summed E-state index contributed by atoms with van der Waals surface area (Å²) in [4.78, 5) is 0. The molecule has 0 bridgehead atoms. The van der Waals surface area contributed by atoms with Gasteiger partial charge in [0.2, 0.25) is 0 Å². The summed E-state index contributed by atoms with van der Waals surface area (Å²) in [6.07, 6.45) is 0. The van der Waals surface area contributed by atoms with Gasteiger partial charge < -0.3 is 10.3 Å². The first-order chi connectivity index (χ1) is 3.83. The lowest BCUT2D eigenvalue weighted by Gasteiger charge is -1.75. The molecule has 1 heterocycles. The second-order valence-electron chi connectivity index (χ2n) is 1.33. The smallest absolute Gasteiger partial charge is 0.196 e. The van der Waals surface area contributed by atoms with Crippen molar-refractivity contribution in [2.75, 3.05) is 0 Å². The topological polar surface area (TPSA) is 52.0 Å². The predicted molar refractivity (Wildman–Crippen MR) is 37.1 cm³/mol. The maximum Gasteiger partial charge on any atom is 0.196 e. The molecule has 8 heavy (non-hydrogen) atoms. The molecule has 0 aliphatic carbocycles. The standard InChI is InChI=1S/C4H5IN2O/c5-4-1-3(2-6)7-8-4/h1H,2,6H2. The molecular formula is C4H5IN2O. The Bertz CT molecular complexity index is 174. The van der Waals surface area contributed by atoms with E-state index in [1.54, 1.807) is 6.07 Å². The van der Waals surface area contributed by atoms with Gasteiger partial charge in [0.15, 0.2) is 3.77 Å². The first-order valence-corrected chi connectivity index (χ1v) is 3.22. The fourth-order valence-corrected chi connectivity index (χ4v) is 0.840. The number of nitrogens with two attached hydrogens (primary N) is 1.